The van der Waals surface area contributed by atoms with Crippen LogP contribution in [0.3, 0.4) is 0 Å². The molecule has 1 aromatic rings. The van der Waals surface area contributed by atoms with Crippen LogP contribution in [0.25, 0.3) is 0 Å². The Labute approximate surface area is 94.6 Å². The first kappa shape index (κ1) is 12.2. The second kappa shape index (κ2) is 5.90. The lowest BCUT2D eigenvalue weighted by atomic mass is 10.2. The zero-order chi connectivity index (χ0) is 12.0. The standard InChI is InChI=1S/C12H15NO3/c1-9-4-3-5-10(8-9)13-11(14)6-7-12(15)16-2/h3-5,8H,6-7H2,1-2H3,(H,13,14). The molecule has 0 heterocycles. The first-order valence-corrected chi connectivity index (χ1v) is 5.05. The summed E-state index contributed by atoms with van der Waals surface area (Å²) in [4.78, 5) is 22.2. The van der Waals surface area contributed by atoms with Crippen LogP contribution in [0.4, 0.5) is 5.69 Å². The third-order valence-corrected chi connectivity index (χ3v) is 2.09. The van der Waals surface area contributed by atoms with Gasteiger partial charge in [0.05, 0.1) is 13.5 Å². The maximum absolute atomic E-state index is 11.4. The van der Waals surface area contributed by atoms with E-state index in [2.05, 4.69) is 10.1 Å². The number of hydrogen-bond acceptors (Lipinski definition) is 3. The van der Waals surface area contributed by atoms with Gasteiger partial charge in [0.25, 0.3) is 0 Å². The summed E-state index contributed by atoms with van der Waals surface area (Å²) in [5.41, 5.74) is 1.82. The van der Waals surface area contributed by atoms with Crippen molar-refractivity contribution >= 4 is 17.6 Å². The van der Waals surface area contributed by atoms with Crippen LogP contribution >= 0.6 is 0 Å². The number of nitrogens with one attached hydrogen (secondary N) is 1. The summed E-state index contributed by atoms with van der Waals surface area (Å²) < 4.78 is 4.45. The summed E-state index contributed by atoms with van der Waals surface area (Å²) in [6.07, 6.45) is 0.245. The van der Waals surface area contributed by atoms with Crippen molar-refractivity contribution in [2.75, 3.05) is 12.4 Å². The molecule has 0 aliphatic rings. The van der Waals surface area contributed by atoms with Gasteiger partial charge in [-0.05, 0) is 24.6 Å². The minimum atomic E-state index is -0.376. The molecule has 1 rings (SSSR count). The fourth-order valence-corrected chi connectivity index (χ4v) is 1.26. The molecule has 0 unspecified atom stereocenters. The Bertz CT molecular complexity index is 388. The predicted molar refractivity (Wildman–Crippen MR) is 61.1 cm³/mol. The summed E-state index contributed by atoms with van der Waals surface area (Å²) in [5, 5.41) is 2.72. The maximum Gasteiger partial charge on any atom is 0.306 e. The summed E-state index contributed by atoms with van der Waals surface area (Å²) in [6, 6.07) is 7.49. The number of methoxy groups -OCH3 is 1. The molecule has 16 heavy (non-hydrogen) atoms. The van der Waals surface area contributed by atoms with Crippen LogP contribution in [-0.2, 0) is 14.3 Å². The Morgan fingerprint density at radius 1 is 1.31 bits per heavy atom. The van der Waals surface area contributed by atoms with E-state index >= 15 is 0 Å². The van der Waals surface area contributed by atoms with Crippen molar-refractivity contribution < 1.29 is 14.3 Å². The fraction of sp³-hybridized carbons (Fsp3) is 0.333. The SMILES string of the molecule is COC(=O)CCC(=O)Nc1cccc(C)c1. The number of rotatable bonds is 4. The van der Waals surface area contributed by atoms with Crippen molar-refractivity contribution in [3.63, 3.8) is 0 Å². The van der Waals surface area contributed by atoms with E-state index in [0.717, 1.165) is 11.3 Å². The van der Waals surface area contributed by atoms with Crippen molar-refractivity contribution in [2.24, 2.45) is 0 Å². The summed E-state index contributed by atoms with van der Waals surface area (Å²) in [7, 11) is 1.31. The molecule has 4 nitrogen and oxygen atoms in total. The average molecular weight is 221 g/mol. The van der Waals surface area contributed by atoms with Gasteiger partial charge in [-0.2, -0.15) is 0 Å². The van der Waals surface area contributed by atoms with Gasteiger partial charge in [-0.25, -0.2) is 0 Å². The van der Waals surface area contributed by atoms with Gasteiger partial charge < -0.3 is 10.1 Å². The summed E-state index contributed by atoms with van der Waals surface area (Å²) in [6.45, 7) is 1.95. The number of ether oxygens (including phenoxy) is 1. The van der Waals surface area contributed by atoms with Crippen LogP contribution in [0.1, 0.15) is 18.4 Å². The van der Waals surface area contributed by atoms with Crippen LogP contribution in [0.2, 0.25) is 0 Å². The van der Waals surface area contributed by atoms with Crippen molar-refractivity contribution in [1.29, 1.82) is 0 Å². The largest absolute Gasteiger partial charge is 0.469 e. The van der Waals surface area contributed by atoms with Gasteiger partial charge >= 0.3 is 5.97 Å². The first-order valence-electron chi connectivity index (χ1n) is 5.05. The Hall–Kier alpha value is -1.84. The Morgan fingerprint density at radius 3 is 2.69 bits per heavy atom. The molecule has 0 saturated carbocycles. The van der Waals surface area contributed by atoms with Crippen molar-refractivity contribution in [2.45, 2.75) is 19.8 Å². The molecule has 1 amide bonds. The van der Waals surface area contributed by atoms with Crippen LogP contribution in [0.5, 0.6) is 0 Å². The number of esters is 1. The minimum Gasteiger partial charge on any atom is -0.469 e. The molecule has 0 spiro atoms. The second-order valence-electron chi connectivity index (χ2n) is 3.49. The molecule has 0 bridgehead atoms. The monoisotopic (exact) mass is 221 g/mol. The molecule has 0 fully saturated rings. The Morgan fingerprint density at radius 2 is 2.06 bits per heavy atom. The van der Waals surface area contributed by atoms with Crippen molar-refractivity contribution in [1.82, 2.24) is 0 Å². The van der Waals surface area contributed by atoms with E-state index in [0.29, 0.717) is 0 Å². The van der Waals surface area contributed by atoms with Gasteiger partial charge in [0.2, 0.25) is 5.91 Å². The lowest BCUT2D eigenvalue weighted by Crippen LogP contribution is -2.13. The maximum atomic E-state index is 11.4. The molecule has 0 aromatic heterocycles. The van der Waals surface area contributed by atoms with Crippen LogP contribution in [0.15, 0.2) is 24.3 Å². The molecule has 4 heteroatoms. The lowest BCUT2D eigenvalue weighted by molar-refractivity contribution is -0.141. The third-order valence-electron chi connectivity index (χ3n) is 2.09. The number of amides is 1. The first-order chi connectivity index (χ1) is 7.61. The molecule has 86 valence electrons. The van der Waals surface area contributed by atoms with E-state index in [-0.39, 0.29) is 24.7 Å². The van der Waals surface area contributed by atoms with E-state index in [1.807, 2.05) is 31.2 Å². The van der Waals surface area contributed by atoms with E-state index in [1.54, 1.807) is 0 Å². The predicted octanol–water partition coefficient (Wildman–Crippen LogP) is 1.89. The highest BCUT2D eigenvalue weighted by Gasteiger charge is 2.06. The smallest absolute Gasteiger partial charge is 0.306 e. The molecular formula is C12H15NO3. The molecule has 1 N–H and O–H groups in total. The van der Waals surface area contributed by atoms with Crippen molar-refractivity contribution in [3.05, 3.63) is 29.8 Å². The van der Waals surface area contributed by atoms with Gasteiger partial charge in [-0.3, -0.25) is 9.59 Å². The molecule has 1 aromatic carbocycles. The molecule has 0 aliphatic heterocycles. The Kier molecular flexibility index (Phi) is 4.51. The normalized spacial score (nSPS) is 9.62. The fourth-order valence-electron chi connectivity index (χ4n) is 1.26. The van der Waals surface area contributed by atoms with E-state index in [4.69, 9.17) is 0 Å². The number of anilines is 1. The average Bonchev–Trinajstić information content (AvgIpc) is 2.26. The Balaban J connectivity index is 2.43. The molecule has 0 aliphatic carbocycles. The highest BCUT2D eigenvalue weighted by molar-refractivity contribution is 5.92. The second-order valence-corrected chi connectivity index (χ2v) is 3.49. The minimum absolute atomic E-state index is 0.105. The van der Waals surface area contributed by atoms with Gasteiger partial charge in [-0.15, -0.1) is 0 Å². The van der Waals surface area contributed by atoms with Gasteiger partial charge in [0.15, 0.2) is 0 Å². The molecule has 0 radical (unpaired) electrons. The molecule has 0 atom stereocenters. The van der Waals surface area contributed by atoms with Crippen LogP contribution in [-0.4, -0.2) is 19.0 Å². The van der Waals surface area contributed by atoms with Gasteiger partial charge in [-0.1, -0.05) is 12.1 Å². The van der Waals surface area contributed by atoms with Gasteiger partial charge in [0.1, 0.15) is 0 Å². The highest BCUT2D eigenvalue weighted by Crippen LogP contribution is 2.10. The molecule has 0 saturated heterocycles. The number of benzene rings is 1. The number of carbonyl (C=O) groups excluding carboxylic acids is 2. The highest BCUT2D eigenvalue weighted by atomic mass is 16.5. The summed E-state index contributed by atoms with van der Waals surface area (Å²) in [5.74, 6) is -0.560. The van der Waals surface area contributed by atoms with E-state index < -0.39 is 0 Å². The molecular weight excluding hydrogens is 206 g/mol. The zero-order valence-corrected chi connectivity index (χ0v) is 9.45. The van der Waals surface area contributed by atoms with E-state index in [1.165, 1.54) is 7.11 Å². The number of aryl methyl sites for hydroxylation is 1. The van der Waals surface area contributed by atoms with Crippen molar-refractivity contribution in [3.8, 4) is 0 Å². The number of hydrogen-bond donors (Lipinski definition) is 1. The lowest BCUT2D eigenvalue weighted by Gasteiger charge is -2.05. The quantitative estimate of drug-likeness (QED) is 0.790. The zero-order valence-electron chi connectivity index (χ0n) is 9.45. The summed E-state index contributed by atoms with van der Waals surface area (Å²) >= 11 is 0. The van der Waals surface area contributed by atoms with E-state index in [9.17, 15) is 9.59 Å². The van der Waals surface area contributed by atoms with Crippen LogP contribution < -0.4 is 5.32 Å². The topological polar surface area (TPSA) is 55.4 Å². The van der Waals surface area contributed by atoms with Crippen LogP contribution in [0, 0.1) is 6.92 Å². The number of carbonyl (C=O) groups is 2. The third kappa shape index (κ3) is 4.13. The van der Waals surface area contributed by atoms with Gasteiger partial charge in [0, 0.05) is 12.1 Å².